The number of hydrogen-bond donors (Lipinski definition) is 1. The van der Waals surface area contributed by atoms with Crippen LogP contribution in [0.4, 0.5) is 0 Å². The Kier molecular flexibility index (Phi) is 2.72. The highest BCUT2D eigenvalue weighted by Gasteiger charge is 2.26. The Balaban J connectivity index is 1.84. The third kappa shape index (κ3) is 2.07. The summed E-state index contributed by atoms with van der Waals surface area (Å²) >= 11 is 0. The number of benzene rings is 1. The highest BCUT2D eigenvalue weighted by molar-refractivity contribution is 5.80. The van der Waals surface area contributed by atoms with E-state index in [1.165, 1.54) is 0 Å². The van der Waals surface area contributed by atoms with E-state index in [-0.39, 0.29) is 11.9 Å². The lowest BCUT2D eigenvalue weighted by molar-refractivity contribution is -0.128. The summed E-state index contributed by atoms with van der Waals surface area (Å²) in [6, 6.07) is 10.0. The number of aromatic nitrogens is 1. The van der Waals surface area contributed by atoms with Gasteiger partial charge in [0, 0.05) is 37.1 Å². The lowest BCUT2D eigenvalue weighted by Gasteiger charge is -2.15. The molecule has 4 nitrogen and oxygen atoms in total. The maximum absolute atomic E-state index is 11.7. The number of amides is 1. The first kappa shape index (κ1) is 11.2. The number of nitrogens with two attached hydrogens (primary N) is 1. The molecule has 0 aliphatic carbocycles. The molecule has 3 rings (SSSR count). The first-order valence-electron chi connectivity index (χ1n) is 6.09. The van der Waals surface area contributed by atoms with E-state index in [2.05, 4.69) is 11.1 Å². The molecular weight excluding hydrogens is 226 g/mol. The second-order valence-corrected chi connectivity index (χ2v) is 4.77. The van der Waals surface area contributed by atoms with Crippen LogP contribution in [0, 0.1) is 0 Å². The first-order chi connectivity index (χ1) is 8.72. The molecule has 1 saturated heterocycles. The second-order valence-electron chi connectivity index (χ2n) is 4.77. The Morgan fingerprint density at radius 1 is 1.39 bits per heavy atom. The van der Waals surface area contributed by atoms with Crippen LogP contribution in [0.15, 0.2) is 36.5 Å². The van der Waals surface area contributed by atoms with Gasteiger partial charge in [-0.25, -0.2) is 0 Å². The molecule has 0 radical (unpaired) electrons. The zero-order valence-corrected chi connectivity index (χ0v) is 10.0. The monoisotopic (exact) mass is 241 g/mol. The normalized spacial score (nSPS) is 19.7. The maximum Gasteiger partial charge on any atom is 0.224 e. The summed E-state index contributed by atoms with van der Waals surface area (Å²) in [5.41, 5.74) is 7.81. The minimum absolute atomic E-state index is 0.0223. The molecule has 0 spiro atoms. The van der Waals surface area contributed by atoms with Crippen molar-refractivity contribution in [2.75, 3.05) is 6.54 Å². The highest BCUT2D eigenvalue weighted by atomic mass is 16.2. The molecule has 0 bridgehead atoms. The third-order valence-electron chi connectivity index (χ3n) is 3.26. The van der Waals surface area contributed by atoms with Crippen LogP contribution in [-0.4, -0.2) is 28.4 Å². The van der Waals surface area contributed by atoms with Crippen LogP contribution < -0.4 is 5.73 Å². The lowest BCUT2D eigenvalue weighted by Crippen LogP contribution is -2.27. The topological polar surface area (TPSA) is 59.2 Å². The van der Waals surface area contributed by atoms with E-state index >= 15 is 0 Å². The van der Waals surface area contributed by atoms with Crippen molar-refractivity contribution in [1.82, 2.24) is 9.88 Å². The van der Waals surface area contributed by atoms with E-state index < -0.39 is 0 Å². The first-order valence-corrected chi connectivity index (χ1v) is 6.09. The number of carbonyl (C=O) groups is 1. The van der Waals surface area contributed by atoms with Crippen molar-refractivity contribution < 1.29 is 4.79 Å². The second kappa shape index (κ2) is 4.38. The van der Waals surface area contributed by atoms with Gasteiger partial charge in [0.25, 0.3) is 0 Å². The average Bonchev–Trinajstić information content (AvgIpc) is 2.68. The van der Waals surface area contributed by atoms with Gasteiger partial charge in [0.15, 0.2) is 0 Å². The lowest BCUT2D eigenvalue weighted by atomic mass is 10.1. The molecule has 1 fully saturated rings. The summed E-state index contributed by atoms with van der Waals surface area (Å²) in [7, 11) is 0. The van der Waals surface area contributed by atoms with Gasteiger partial charge >= 0.3 is 0 Å². The quantitative estimate of drug-likeness (QED) is 0.862. The summed E-state index contributed by atoms with van der Waals surface area (Å²) in [5, 5.41) is 1.10. The van der Waals surface area contributed by atoms with E-state index in [9.17, 15) is 4.79 Å². The molecule has 1 aromatic heterocycles. The van der Waals surface area contributed by atoms with Gasteiger partial charge < -0.3 is 10.6 Å². The number of carbonyl (C=O) groups excluding carboxylic acids is 1. The summed E-state index contributed by atoms with van der Waals surface area (Å²) in [6.07, 6.45) is 2.29. The minimum atomic E-state index is -0.0223. The Morgan fingerprint density at radius 3 is 3.00 bits per heavy atom. The summed E-state index contributed by atoms with van der Waals surface area (Å²) in [6.45, 7) is 1.25. The molecule has 1 aliphatic heterocycles. The standard InChI is InChI=1S/C14H15N3O/c15-12-6-14(18)17(9-12)8-10-5-11-3-1-2-4-13(11)16-7-10/h1-5,7,12H,6,8-9,15H2. The van der Waals surface area contributed by atoms with Crippen molar-refractivity contribution in [2.45, 2.75) is 19.0 Å². The largest absolute Gasteiger partial charge is 0.337 e. The van der Waals surface area contributed by atoms with Gasteiger partial charge in [-0.15, -0.1) is 0 Å². The average molecular weight is 241 g/mol. The molecule has 18 heavy (non-hydrogen) atoms. The van der Waals surface area contributed by atoms with Gasteiger partial charge in [-0.3, -0.25) is 9.78 Å². The fourth-order valence-corrected chi connectivity index (χ4v) is 2.38. The van der Waals surface area contributed by atoms with Crippen molar-refractivity contribution in [2.24, 2.45) is 5.73 Å². The molecule has 1 aliphatic rings. The molecule has 2 N–H and O–H groups in total. The van der Waals surface area contributed by atoms with Gasteiger partial charge in [0.1, 0.15) is 0 Å². The van der Waals surface area contributed by atoms with E-state index in [1.807, 2.05) is 30.5 Å². The molecule has 92 valence electrons. The predicted molar refractivity (Wildman–Crippen MR) is 69.8 cm³/mol. The van der Waals surface area contributed by atoms with Crippen molar-refractivity contribution in [1.29, 1.82) is 0 Å². The van der Waals surface area contributed by atoms with Crippen LogP contribution >= 0.6 is 0 Å². The van der Waals surface area contributed by atoms with E-state index in [0.717, 1.165) is 16.5 Å². The molecule has 0 saturated carbocycles. The number of nitrogens with zero attached hydrogens (tertiary/aromatic N) is 2. The number of pyridine rings is 1. The number of likely N-dealkylation sites (tertiary alicyclic amines) is 1. The Hall–Kier alpha value is -1.94. The fourth-order valence-electron chi connectivity index (χ4n) is 2.38. The van der Waals surface area contributed by atoms with Crippen molar-refractivity contribution in [3.63, 3.8) is 0 Å². The van der Waals surface area contributed by atoms with Crippen LogP contribution in [0.3, 0.4) is 0 Å². The van der Waals surface area contributed by atoms with Crippen LogP contribution in [-0.2, 0) is 11.3 Å². The van der Waals surface area contributed by atoms with E-state index in [4.69, 9.17) is 5.73 Å². The molecule has 4 heteroatoms. The molecule has 2 heterocycles. The Bertz CT molecular complexity index is 596. The highest BCUT2D eigenvalue weighted by Crippen LogP contribution is 2.17. The predicted octanol–water partition coefficient (Wildman–Crippen LogP) is 1.29. The summed E-state index contributed by atoms with van der Waals surface area (Å²) in [5.74, 6) is 0.135. The minimum Gasteiger partial charge on any atom is -0.337 e. The fraction of sp³-hybridized carbons (Fsp3) is 0.286. The third-order valence-corrected chi connectivity index (χ3v) is 3.26. The zero-order valence-electron chi connectivity index (χ0n) is 10.0. The van der Waals surface area contributed by atoms with Crippen molar-refractivity contribution in [3.05, 3.63) is 42.1 Å². The molecule has 1 aromatic carbocycles. The molecular formula is C14H15N3O. The van der Waals surface area contributed by atoms with E-state index in [1.54, 1.807) is 4.90 Å². The zero-order chi connectivity index (χ0) is 12.5. The van der Waals surface area contributed by atoms with Crippen LogP contribution in [0.5, 0.6) is 0 Å². The van der Waals surface area contributed by atoms with Gasteiger partial charge in [-0.1, -0.05) is 18.2 Å². The molecule has 1 amide bonds. The summed E-state index contributed by atoms with van der Waals surface area (Å²) < 4.78 is 0. The number of para-hydroxylation sites is 1. The number of fused-ring (bicyclic) bond motifs is 1. The van der Waals surface area contributed by atoms with Gasteiger partial charge in [-0.2, -0.15) is 0 Å². The van der Waals surface area contributed by atoms with Crippen LogP contribution in [0.2, 0.25) is 0 Å². The molecule has 1 atom stereocenters. The Labute approximate surface area is 105 Å². The van der Waals surface area contributed by atoms with Gasteiger partial charge in [0.05, 0.1) is 5.52 Å². The Morgan fingerprint density at radius 2 is 2.22 bits per heavy atom. The number of hydrogen-bond acceptors (Lipinski definition) is 3. The maximum atomic E-state index is 11.7. The summed E-state index contributed by atoms with van der Waals surface area (Å²) in [4.78, 5) is 17.9. The van der Waals surface area contributed by atoms with Gasteiger partial charge in [0.2, 0.25) is 5.91 Å². The van der Waals surface area contributed by atoms with Crippen LogP contribution in [0.1, 0.15) is 12.0 Å². The molecule has 1 unspecified atom stereocenters. The smallest absolute Gasteiger partial charge is 0.224 e. The SMILES string of the molecule is NC1CC(=O)N(Cc2cnc3ccccc3c2)C1. The van der Waals surface area contributed by atoms with Crippen molar-refractivity contribution in [3.8, 4) is 0 Å². The van der Waals surface area contributed by atoms with E-state index in [0.29, 0.717) is 19.5 Å². The van der Waals surface area contributed by atoms with Gasteiger partial charge in [-0.05, 0) is 17.7 Å². The number of rotatable bonds is 2. The van der Waals surface area contributed by atoms with Crippen LogP contribution in [0.25, 0.3) is 10.9 Å². The molecule has 2 aromatic rings. The van der Waals surface area contributed by atoms with Crippen molar-refractivity contribution >= 4 is 16.8 Å².